The number of benzene rings is 4. The van der Waals surface area contributed by atoms with E-state index in [-0.39, 0.29) is 17.6 Å². The van der Waals surface area contributed by atoms with Gasteiger partial charge in [-0.1, -0.05) is 78.9 Å². The van der Waals surface area contributed by atoms with Gasteiger partial charge < -0.3 is 20.9 Å². The first-order valence-corrected chi connectivity index (χ1v) is 14.4. The first-order valence-electron chi connectivity index (χ1n) is 14.4. The van der Waals surface area contributed by atoms with Gasteiger partial charge >= 0.3 is 0 Å². The van der Waals surface area contributed by atoms with E-state index < -0.39 is 0 Å². The van der Waals surface area contributed by atoms with Crippen molar-refractivity contribution in [2.75, 3.05) is 6.54 Å². The van der Waals surface area contributed by atoms with Crippen LogP contribution in [0, 0.1) is 10.8 Å². The summed E-state index contributed by atoms with van der Waals surface area (Å²) in [7, 11) is 2.01. The molecule has 8 heteroatoms. The van der Waals surface area contributed by atoms with E-state index in [1.165, 1.54) is 5.56 Å². The Morgan fingerprint density at radius 2 is 1.33 bits per heavy atom. The van der Waals surface area contributed by atoms with Crippen molar-refractivity contribution in [1.82, 2.24) is 14.5 Å². The summed E-state index contributed by atoms with van der Waals surface area (Å²) in [5.41, 5.74) is 18.3. The predicted molar refractivity (Wildman–Crippen MR) is 173 cm³/mol. The zero-order valence-electron chi connectivity index (χ0n) is 24.4. The zero-order chi connectivity index (χ0) is 30.3. The summed E-state index contributed by atoms with van der Waals surface area (Å²) in [6, 6.07) is 31.3. The van der Waals surface area contributed by atoms with Gasteiger partial charge in [0.25, 0.3) is 5.91 Å². The van der Waals surface area contributed by atoms with Crippen molar-refractivity contribution in [3.05, 3.63) is 136 Å². The fraction of sp³-hybridized carbons (Fsp3) is 0.200. The van der Waals surface area contributed by atoms with Gasteiger partial charge in [-0.15, -0.1) is 0 Å². The molecule has 0 spiro atoms. The van der Waals surface area contributed by atoms with E-state index in [2.05, 4.69) is 16.7 Å². The summed E-state index contributed by atoms with van der Waals surface area (Å²) < 4.78 is 2.09. The van der Waals surface area contributed by atoms with Crippen molar-refractivity contribution in [3.63, 3.8) is 0 Å². The molecule has 5 rings (SSSR count). The minimum absolute atomic E-state index is 0.0243. The summed E-state index contributed by atoms with van der Waals surface area (Å²) in [4.78, 5) is 20.7. The lowest BCUT2D eigenvalue weighted by Gasteiger charge is -2.23. The molecule has 8 nitrogen and oxygen atoms in total. The van der Waals surface area contributed by atoms with Crippen LogP contribution in [0.5, 0.6) is 0 Å². The summed E-state index contributed by atoms with van der Waals surface area (Å²) >= 11 is 0. The number of nitrogens with two attached hydrogens (primary N) is 2. The topological polar surface area (TPSA) is 138 Å². The van der Waals surface area contributed by atoms with Crippen LogP contribution in [0.25, 0.3) is 11.0 Å². The van der Waals surface area contributed by atoms with Crippen LogP contribution in [0.15, 0.2) is 97.1 Å². The van der Waals surface area contributed by atoms with Crippen LogP contribution in [-0.4, -0.2) is 38.6 Å². The normalized spacial score (nSPS) is 11.0. The Morgan fingerprint density at radius 3 is 1.95 bits per heavy atom. The standard InChI is InChI=1S/C35H37N7O/c1-41-31-19-18-29(22-30(31)40-32(41)20-13-25-9-14-27(15-10-25)33(36)37)35(43)42(21-5-8-24-6-3-2-4-7-24)23-26-11-16-28(17-12-26)34(38)39/h2-4,6-7,9-12,14-19,22H,5,8,13,20-21,23H2,1H3,(H3,36,37)(H3,38,39). The summed E-state index contributed by atoms with van der Waals surface area (Å²) in [6.07, 6.45) is 3.27. The van der Waals surface area contributed by atoms with Crippen LogP contribution in [0.1, 0.15) is 50.4 Å². The number of nitrogen functional groups attached to an aromatic ring is 2. The van der Waals surface area contributed by atoms with Crippen molar-refractivity contribution in [3.8, 4) is 0 Å². The van der Waals surface area contributed by atoms with Gasteiger partial charge in [0, 0.05) is 43.2 Å². The quantitative estimate of drug-likeness (QED) is 0.121. The molecule has 0 atom stereocenters. The van der Waals surface area contributed by atoms with Crippen LogP contribution >= 0.6 is 0 Å². The monoisotopic (exact) mass is 571 g/mol. The van der Waals surface area contributed by atoms with Gasteiger partial charge in [0.05, 0.1) is 11.0 Å². The number of hydrogen-bond donors (Lipinski definition) is 4. The van der Waals surface area contributed by atoms with E-state index in [1.807, 2.05) is 96.9 Å². The number of aromatic nitrogens is 2. The second-order valence-electron chi connectivity index (χ2n) is 10.8. The van der Waals surface area contributed by atoms with Crippen LogP contribution in [0.3, 0.4) is 0 Å². The Labute approximate surface area is 252 Å². The molecule has 1 aromatic heterocycles. The molecule has 0 saturated carbocycles. The maximum absolute atomic E-state index is 13.9. The van der Waals surface area contributed by atoms with Gasteiger partial charge in [-0.05, 0) is 54.2 Å². The number of amidine groups is 2. The molecule has 6 N–H and O–H groups in total. The van der Waals surface area contributed by atoms with Crippen LogP contribution in [0.2, 0.25) is 0 Å². The molecule has 0 bridgehead atoms. The lowest BCUT2D eigenvalue weighted by molar-refractivity contribution is 0.0741. The van der Waals surface area contributed by atoms with E-state index in [4.69, 9.17) is 27.3 Å². The van der Waals surface area contributed by atoms with E-state index in [1.54, 1.807) is 0 Å². The second kappa shape index (κ2) is 13.2. The van der Waals surface area contributed by atoms with Crippen molar-refractivity contribution in [1.29, 1.82) is 10.8 Å². The second-order valence-corrected chi connectivity index (χ2v) is 10.8. The molecule has 4 aromatic carbocycles. The number of hydrogen-bond acceptors (Lipinski definition) is 4. The molecule has 0 saturated heterocycles. The van der Waals surface area contributed by atoms with Gasteiger partial charge in [0.1, 0.15) is 17.5 Å². The Balaban J connectivity index is 1.33. The van der Waals surface area contributed by atoms with E-state index >= 15 is 0 Å². The van der Waals surface area contributed by atoms with E-state index in [9.17, 15) is 4.79 Å². The fourth-order valence-electron chi connectivity index (χ4n) is 5.28. The first kappa shape index (κ1) is 29.3. The van der Waals surface area contributed by atoms with E-state index in [0.29, 0.717) is 29.8 Å². The largest absolute Gasteiger partial charge is 0.384 e. The lowest BCUT2D eigenvalue weighted by Crippen LogP contribution is -2.32. The molecule has 0 aliphatic rings. The lowest BCUT2D eigenvalue weighted by atomic mass is 10.1. The Bertz CT molecular complexity index is 1740. The smallest absolute Gasteiger partial charge is 0.254 e. The molecule has 0 fully saturated rings. The average Bonchev–Trinajstić information content (AvgIpc) is 3.34. The number of nitrogens with zero attached hydrogens (tertiary/aromatic N) is 3. The highest BCUT2D eigenvalue weighted by Crippen LogP contribution is 2.21. The Hall–Kier alpha value is -5.24. The minimum atomic E-state index is -0.0385. The van der Waals surface area contributed by atoms with Crippen LogP contribution in [0.4, 0.5) is 0 Å². The summed E-state index contributed by atoms with van der Waals surface area (Å²) in [6.45, 7) is 1.07. The first-order chi connectivity index (χ1) is 20.8. The molecule has 1 amide bonds. The van der Waals surface area contributed by atoms with Crippen molar-refractivity contribution in [2.24, 2.45) is 18.5 Å². The number of imidazole rings is 1. The number of fused-ring (bicyclic) bond motifs is 1. The highest BCUT2D eigenvalue weighted by atomic mass is 16.2. The molecule has 0 aliphatic carbocycles. The van der Waals surface area contributed by atoms with Crippen molar-refractivity contribution < 1.29 is 4.79 Å². The molecule has 0 aliphatic heterocycles. The SMILES string of the molecule is Cn1c(CCc2ccc(C(=N)N)cc2)nc2cc(C(=O)N(CCCc3ccccc3)Cc3ccc(C(=N)N)cc3)ccc21. The molecule has 0 unspecified atom stereocenters. The number of amides is 1. The maximum Gasteiger partial charge on any atom is 0.254 e. The highest BCUT2D eigenvalue weighted by molar-refractivity contribution is 5.98. The van der Waals surface area contributed by atoms with Gasteiger partial charge in [-0.25, -0.2) is 4.98 Å². The number of carbonyl (C=O) groups excluding carboxylic acids is 1. The molecular formula is C35H37N7O. The van der Waals surface area contributed by atoms with Gasteiger partial charge in [0.15, 0.2) is 0 Å². The van der Waals surface area contributed by atoms with Crippen molar-refractivity contribution in [2.45, 2.75) is 32.2 Å². The highest BCUT2D eigenvalue weighted by Gasteiger charge is 2.18. The van der Waals surface area contributed by atoms with Gasteiger partial charge in [-0.2, -0.15) is 0 Å². The zero-order valence-corrected chi connectivity index (χ0v) is 24.4. The summed E-state index contributed by atoms with van der Waals surface area (Å²) in [5, 5.41) is 15.2. The molecule has 0 radical (unpaired) electrons. The molecule has 5 aromatic rings. The van der Waals surface area contributed by atoms with Crippen LogP contribution < -0.4 is 11.5 Å². The number of rotatable bonds is 12. The average molecular weight is 572 g/mol. The van der Waals surface area contributed by atoms with Crippen LogP contribution in [-0.2, 0) is 32.9 Å². The van der Waals surface area contributed by atoms with E-state index in [0.717, 1.165) is 53.7 Å². The molecular weight excluding hydrogens is 534 g/mol. The summed E-state index contributed by atoms with van der Waals surface area (Å²) in [5.74, 6) is 0.994. The fourth-order valence-corrected chi connectivity index (χ4v) is 5.28. The van der Waals surface area contributed by atoms with Crippen molar-refractivity contribution >= 4 is 28.6 Å². The molecule has 1 heterocycles. The number of nitrogens with one attached hydrogen (secondary N) is 2. The predicted octanol–water partition coefficient (Wildman–Crippen LogP) is 5.20. The maximum atomic E-state index is 13.9. The minimum Gasteiger partial charge on any atom is -0.384 e. The van der Waals surface area contributed by atoms with Gasteiger partial charge in [-0.3, -0.25) is 15.6 Å². The molecule has 218 valence electrons. The third-order valence-corrected chi connectivity index (χ3v) is 7.78. The Morgan fingerprint density at radius 1 is 0.744 bits per heavy atom. The Kier molecular flexibility index (Phi) is 8.96. The number of aryl methyl sites for hydroxylation is 4. The third kappa shape index (κ3) is 7.16. The molecule has 43 heavy (non-hydrogen) atoms. The number of carbonyl (C=O) groups is 1. The van der Waals surface area contributed by atoms with Gasteiger partial charge in [0.2, 0.25) is 0 Å². The third-order valence-electron chi connectivity index (χ3n) is 7.78.